The highest BCUT2D eigenvalue weighted by Crippen LogP contribution is 2.09. The lowest BCUT2D eigenvalue weighted by Crippen LogP contribution is -2.46. The molecular formula is C21H28N4O5. The van der Waals surface area contributed by atoms with Crippen molar-refractivity contribution in [2.45, 2.75) is 40.2 Å². The van der Waals surface area contributed by atoms with E-state index in [9.17, 15) is 24.0 Å². The van der Waals surface area contributed by atoms with Gasteiger partial charge in [-0.1, -0.05) is 31.5 Å². The van der Waals surface area contributed by atoms with Crippen LogP contribution < -0.4 is 16.0 Å². The Morgan fingerprint density at radius 1 is 0.967 bits per heavy atom. The van der Waals surface area contributed by atoms with Gasteiger partial charge in [0.1, 0.15) is 6.04 Å². The third-order valence-corrected chi connectivity index (χ3v) is 4.00. The van der Waals surface area contributed by atoms with E-state index in [0.717, 1.165) is 22.6 Å². The second-order valence-electron chi connectivity index (χ2n) is 6.33. The second-order valence-corrected chi connectivity index (χ2v) is 6.33. The van der Waals surface area contributed by atoms with Crippen molar-refractivity contribution in [2.24, 2.45) is 0 Å². The molecule has 0 bridgehead atoms. The quantitative estimate of drug-likeness (QED) is 0.543. The molecule has 0 aliphatic carbocycles. The van der Waals surface area contributed by atoms with Crippen molar-refractivity contribution in [1.29, 1.82) is 0 Å². The summed E-state index contributed by atoms with van der Waals surface area (Å²) in [6.07, 6.45) is 2.16. The van der Waals surface area contributed by atoms with Crippen LogP contribution in [-0.2, 0) is 24.0 Å². The van der Waals surface area contributed by atoms with Crippen LogP contribution in [0.2, 0.25) is 0 Å². The van der Waals surface area contributed by atoms with Crippen LogP contribution in [0.5, 0.6) is 0 Å². The summed E-state index contributed by atoms with van der Waals surface area (Å²) in [6.45, 7) is 7.08. The van der Waals surface area contributed by atoms with Crippen molar-refractivity contribution in [3.63, 3.8) is 0 Å². The third-order valence-electron chi connectivity index (χ3n) is 4.00. The molecule has 9 nitrogen and oxygen atoms in total. The predicted molar refractivity (Wildman–Crippen MR) is 112 cm³/mol. The molecule has 0 saturated heterocycles. The van der Waals surface area contributed by atoms with E-state index in [1.165, 1.54) is 6.92 Å². The summed E-state index contributed by atoms with van der Waals surface area (Å²) in [7, 11) is 0. The van der Waals surface area contributed by atoms with Crippen LogP contribution in [0.4, 0.5) is 5.69 Å². The average molecular weight is 416 g/mol. The lowest BCUT2D eigenvalue weighted by molar-refractivity contribution is -0.137. The molecule has 30 heavy (non-hydrogen) atoms. The number of hydrogen-bond donors (Lipinski definition) is 3. The Morgan fingerprint density at radius 3 is 2.10 bits per heavy atom. The SMILES string of the molecule is CC.Cc1ccc(NC(=O)[C@H](C)NC(=O)CNC(=O)CCN2C(=O)C=CC2=O)cc1. The van der Waals surface area contributed by atoms with E-state index in [4.69, 9.17) is 0 Å². The standard InChI is InChI=1S/C19H22N4O5.C2H6/c1-12-3-5-14(6-4-12)22-19(28)13(2)21-16(25)11-20-15(24)9-10-23-17(26)7-8-18(23)27;1-2/h3-8,13H,9-11H2,1-2H3,(H,20,24)(H,21,25)(H,22,28);1-2H3/t13-;/m0./s1. The Kier molecular flexibility index (Phi) is 9.94. The molecule has 0 aromatic heterocycles. The van der Waals surface area contributed by atoms with E-state index in [1.54, 1.807) is 12.1 Å². The summed E-state index contributed by atoms with van der Waals surface area (Å²) in [6, 6.07) is 6.43. The number of hydrogen-bond acceptors (Lipinski definition) is 5. The predicted octanol–water partition coefficient (Wildman–Crippen LogP) is 0.896. The summed E-state index contributed by atoms with van der Waals surface area (Å²) >= 11 is 0. The smallest absolute Gasteiger partial charge is 0.253 e. The number of imide groups is 1. The molecule has 1 atom stereocenters. The topological polar surface area (TPSA) is 125 Å². The third kappa shape index (κ3) is 7.86. The number of amides is 5. The van der Waals surface area contributed by atoms with E-state index in [2.05, 4.69) is 16.0 Å². The molecular weight excluding hydrogens is 388 g/mol. The van der Waals surface area contributed by atoms with Crippen LogP contribution in [0.25, 0.3) is 0 Å². The summed E-state index contributed by atoms with van der Waals surface area (Å²) in [5.74, 6) is -2.34. The molecule has 162 valence electrons. The molecule has 5 amide bonds. The number of rotatable bonds is 8. The molecule has 0 unspecified atom stereocenters. The monoisotopic (exact) mass is 416 g/mol. The van der Waals surface area contributed by atoms with Gasteiger partial charge in [0.25, 0.3) is 11.8 Å². The van der Waals surface area contributed by atoms with Crippen LogP contribution in [0.3, 0.4) is 0 Å². The first-order valence-corrected chi connectivity index (χ1v) is 9.73. The molecule has 2 rings (SSSR count). The first kappa shape index (κ1) is 24.5. The van der Waals surface area contributed by atoms with Gasteiger partial charge in [-0.2, -0.15) is 0 Å². The normalized spacial score (nSPS) is 13.3. The van der Waals surface area contributed by atoms with Crippen LogP contribution >= 0.6 is 0 Å². The van der Waals surface area contributed by atoms with Gasteiger partial charge in [0.05, 0.1) is 6.54 Å². The maximum atomic E-state index is 12.1. The minimum atomic E-state index is -0.795. The average Bonchev–Trinajstić information content (AvgIpc) is 3.05. The molecule has 1 heterocycles. The van der Waals surface area contributed by atoms with Crippen molar-refractivity contribution in [2.75, 3.05) is 18.4 Å². The molecule has 9 heteroatoms. The summed E-state index contributed by atoms with van der Waals surface area (Å²) in [5.41, 5.74) is 1.68. The van der Waals surface area contributed by atoms with Crippen molar-refractivity contribution in [1.82, 2.24) is 15.5 Å². The fourth-order valence-electron chi connectivity index (χ4n) is 2.38. The number of carbonyl (C=O) groups is 5. The fourth-order valence-corrected chi connectivity index (χ4v) is 2.38. The second kappa shape index (κ2) is 12.2. The maximum Gasteiger partial charge on any atom is 0.253 e. The number of nitrogens with zero attached hydrogens (tertiary/aromatic N) is 1. The van der Waals surface area contributed by atoms with E-state index < -0.39 is 29.7 Å². The molecule has 0 spiro atoms. The number of nitrogens with one attached hydrogen (secondary N) is 3. The highest BCUT2D eigenvalue weighted by molar-refractivity contribution is 6.13. The van der Waals surface area contributed by atoms with Gasteiger partial charge in [-0.3, -0.25) is 28.9 Å². The Bertz CT molecular complexity index is 799. The zero-order valence-electron chi connectivity index (χ0n) is 17.7. The van der Waals surface area contributed by atoms with Gasteiger partial charge in [0, 0.05) is 30.8 Å². The molecule has 0 saturated carbocycles. The highest BCUT2D eigenvalue weighted by Gasteiger charge is 2.23. The largest absolute Gasteiger partial charge is 0.347 e. The van der Waals surface area contributed by atoms with Gasteiger partial charge in [0.15, 0.2) is 0 Å². The first-order valence-electron chi connectivity index (χ1n) is 9.73. The lowest BCUT2D eigenvalue weighted by Gasteiger charge is -2.15. The van der Waals surface area contributed by atoms with Crippen LogP contribution in [-0.4, -0.2) is 53.6 Å². The maximum absolute atomic E-state index is 12.1. The zero-order chi connectivity index (χ0) is 22.7. The van der Waals surface area contributed by atoms with Crippen LogP contribution in [0.15, 0.2) is 36.4 Å². The van der Waals surface area contributed by atoms with Gasteiger partial charge in [-0.15, -0.1) is 0 Å². The van der Waals surface area contributed by atoms with Crippen molar-refractivity contribution < 1.29 is 24.0 Å². The molecule has 0 radical (unpaired) electrons. The van der Waals surface area contributed by atoms with E-state index >= 15 is 0 Å². The van der Waals surface area contributed by atoms with Gasteiger partial charge < -0.3 is 16.0 Å². The minimum Gasteiger partial charge on any atom is -0.347 e. The van der Waals surface area contributed by atoms with Crippen LogP contribution in [0, 0.1) is 6.92 Å². The number of anilines is 1. The molecule has 0 fully saturated rings. The van der Waals surface area contributed by atoms with Gasteiger partial charge in [0.2, 0.25) is 17.7 Å². The first-order chi connectivity index (χ1) is 14.3. The molecule has 1 aliphatic heterocycles. The van der Waals surface area contributed by atoms with Gasteiger partial charge in [-0.05, 0) is 26.0 Å². The Morgan fingerprint density at radius 2 is 1.53 bits per heavy atom. The number of benzene rings is 1. The zero-order valence-corrected chi connectivity index (χ0v) is 17.7. The highest BCUT2D eigenvalue weighted by atomic mass is 16.2. The number of aryl methyl sites for hydroxylation is 1. The molecule has 3 N–H and O–H groups in total. The van der Waals surface area contributed by atoms with E-state index in [1.807, 2.05) is 32.9 Å². The Balaban J connectivity index is 0.00000218. The van der Waals surface area contributed by atoms with Gasteiger partial charge in [-0.25, -0.2) is 0 Å². The summed E-state index contributed by atoms with van der Waals surface area (Å²) in [5, 5.41) is 7.55. The Labute approximate surface area is 175 Å². The van der Waals surface area contributed by atoms with Crippen molar-refractivity contribution in [3.8, 4) is 0 Å². The lowest BCUT2D eigenvalue weighted by atomic mass is 10.2. The van der Waals surface area contributed by atoms with Gasteiger partial charge >= 0.3 is 0 Å². The summed E-state index contributed by atoms with van der Waals surface area (Å²) < 4.78 is 0. The van der Waals surface area contributed by atoms with E-state index in [0.29, 0.717) is 5.69 Å². The minimum absolute atomic E-state index is 0.0620. The van der Waals surface area contributed by atoms with E-state index in [-0.39, 0.29) is 25.4 Å². The Hall–Kier alpha value is -3.49. The van der Waals surface area contributed by atoms with Crippen LogP contribution in [0.1, 0.15) is 32.8 Å². The van der Waals surface area contributed by atoms with Crippen molar-refractivity contribution >= 4 is 35.2 Å². The molecule has 1 aromatic rings. The number of carbonyl (C=O) groups excluding carboxylic acids is 5. The molecule has 1 aromatic carbocycles. The fraction of sp³-hybridized carbons (Fsp3) is 0.381. The summed E-state index contributed by atoms with van der Waals surface area (Å²) in [4.78, 5) is 59.5. The molecule has 1 aliphatic rings. The van der Waals surface area contributed by atoms with Crippen molar-refractivity contribution in [3.05, 3.63) is 42.0 Å².